The van der Waals surface area contributed by atoms with E-state index in [0.717, 1.165) is 5.57 Å². The lowest BCUT2D eigenvalue weighted by molar-refractivity contribution is -0.174. The molecule has 5 heteroatoms. The van der Waals surface area contributed by atoms with Gasteiger partial charge in [-0.2, -0.15) is 0 Å². The number of nitrogens with zero attached hydrogens (tertiary/aromatic N) is 1. The Balaban J connectivity index is 2.63. The first-order valence-corrected chi connectivity index (χ1v) is 8.43. The van der Waals surface area contributed by atoms with Crippen LogP contribution in [0.1, 0.15) is 41.0 Å². The second-order valence-corrected chi connectivity index (χ2v) is 6.63. The van der Waals surface area contributed by atoms with Crippen molar-refractivity contribution >= 4 is 11.7 Å². The molecule has 1 aliphatic heterocycles. The minimum absolute atomic E-state index is 0.0614. The lowest BCUT2D eigenvalue weighted by atomic mass is 10.0. The Morgan fingerprint density at radius 1 is 1.38 bits per heavy atom. The lowest BCUT2D eigenvalue weighted by Crippen LogP contribution is -2.54. The standard InChI is InChI=1S/C19H30N2O3/c1-7-13(2)11-20-19-15(4)12-21(17(6)24-19)18(23)9-8-14(3)10-16(5)22/h7-9,11,14-15,17,19-20H,1,10,12H2,2-6H3/b9-8-,13-11+. The molecule has 4 atom stereocenters. The van der Waals surface area contributed by atoms with Gasteiger partial charge in [-0.1, -0.05) is 32.6 Å². The van der Waals surface area contributed by atoms with Crippen LogP contribution in [0.5, 0.6) is 0 Å². The Kier molecular flexibility index (Phi) is 7.92. The second-order valence-electron chi connectivity index (χ2n) is 6.63. The van der Waals surface area contributed by atoms with E-state index in [0.29, 0.717) is 13.0 Å². The third-order valence-electron chi connectivity index (χ3n) is 4.04. The van der Waals surface area contributed by atoms with Crippen LogP contribution in [0.4, 0.5) is 0 Å². The van der Waals surface area contributed by atoms with Gasteiger partial charge >= 0.3 is 0 Å². The van der Waals surface area contributed by atoms with Crippen molar-refractivity contribution in [3.05, 3.63) is 36.6 Å². The van der Waals surface area contributed by atoms with Crippen LogP contribution < -0.4 is 5.32 Å². The number of carbonyl (C=O) groups is 2. The van der Waals surface area contributed by atoms with Gasteiger partial charge in [-0.3, -0.25) is 4.79 Å². The molecule has 0 aliphatic carbocycles. The van der Waals surface area contributed by atoms with Gasteiger partial charge in [-0.25, -0.2) is 0 Å². The molecule has 1 amide bonds. The topological polar surface area (TPSA) is 58.6 Å². The first-order valence-electron chi connectivity index (χ1n) is 8.43. The number of Topliss-reactive ketones (excluding diaryl/α,β-unsaturated/α-hetero) is 1. The molecule has 1 aliphatic rings. The Labute approximate surface area is 145 Å². The summed E-state index contributed by atoms with van der Waals surface area (Å²) in [7, 11) is 0. The Hall–Kier alpha value is -1.88. The van der Waals surface area contributed by atoms with E-state index in [1.807, 2.05) is 33.9 Å². The lowest BCUT2D eigenvalue weighted by Gasteiger charge is -2.41. The minimum Gasteiger partial charge on any atom is -0.366 e. The average Bonchev–Trinajstić information content (AvgIpc) is 2.51. The molecule has 0 saturated carbocycles. The minimum atomic E-state index is -0.309. The molecule has 1 heterocycles. The molecule has 0 aromatic heterocycles. The summed E-state index contributed by atoms with van der Waals surface area (Å²) in [5, 5.41) is 3.23. The van der Waals surface area contributed by atoms with Crippen molar-refractivity contribution in [1.29, 1.82) is 0 Å². The summed E-state index contributed by atoms with van der Waals surface area (Å²) in [6, 6.07) is 0. The molecule has 4 unspecified atom stereocenters. The quantitative estimate of drug-likeness (QED) is 0.574. The van der Waals surface area contributed by atoms with E-state index in [9.17, 15) is 9.59 Å². The molecule has 0 radical (unpaired) electrons. The molecule has 24 heavy (non-hydrogen) atoms. The van der Waals surface area contributed by atoms with Crippen LogP contribution >= 0.6 is 0 Å². The number of hydrogen-bond acceptors (Lipinski definition) is 4. The largest absolute Gasteiger partial charge is 0.366 e. The van der Waals surface area contributed by atoms with Gasteiger partial charge in [0.2, 0.25) is 5.91 Å². The molecule has 1 saturated heterocycles. The maximum atomic E-state index is 12.4. The first kappa shape index (κ1) is 20.2. The number of ether oxygens (including phenoxy) is 1. The number of nitrogens with one attached hydrogen (secondary N) is 1. The van der Waals surface area contributed by atoms with Crippen molar-refractivity contribution in [1.82, 2.24) is 10.2 Å². The van der Waals surface area contributed by atoms with Crippen LogP contribution in [0.15, 0.2) is 36.6 Å². The van der Waals surface area contributed by atoms with E-state index < -0.39 is 0 Å². The molecule has 134 valence electrons. The fraction of sp³-hybridized carbons (Fsp3) is 0.579. The highest BCUT2D eigenvalue weighted by Gasteiger charge is 2.33. The maximum absolute atomic E-state index is 12.4. The summed E-state index contributed by atoms with van der Waals surface area (Å²) in [6.45, 7) is 13.7. The van der Waals surface area contributed by atoms with E-state index in [-0.39, 0.29) is 36.0 Å². The summed E-state index contributed by atoms with van der Waals surface area (Å²) in [6.07, 6.45) is 7.00. The molecule has 1 fully saturated rings. The van der Waals surface area contributed by atoms with E-state index in [1.165, 1.54) is 0 Å². The van der Waals surface area contributed by atoms with Gasteiger partial charge in [0.25, 0.3) is 0 Å². The fourth-order valence-electron chi connectivity index (χ4n) is 2.58. The predicted molar refractivity (Wildman–Crippen MR) is 95.9 cm³/mol. The summed E-state index contributed by atoms with van der Waals surface area (Å²) >= 11 is 0. The van der Waals surface area contributed by atoms with Gasteiger partial charge in [-0.05, 0) is 38.3 Å². The highest BCUT2D eigenvalue weighted by molar-refractivity contribution is 5.88. The van der Waals surface area contributed by atoms with E-state index in [2.05, 4.69) is 11.9 Å². The fourth-order valence-corrected chi connectivity index (χ4v) is 2.58. The van der Waals surface area contributed by atoms with Gasteiger partial charge in [0.15, 0.2) is 0 Å². The summed E-state index contributed by atoms with van der Waals surface area (Å²) in [4.78, 5) is 25.2. The molecular weight excluding hydrogens is 304 g/mol. The number of amides is 1. The predicted octanol–water partition coefficient (Wildman–Crippen LogP) is 3.00. The Bertz CT molecular complexity index is 525. The maximum Gasteiger partial charge on any atom is 0.248 e. The van der Waals surface area contributed by atoms with Crippen molar-refractivity contribution in [2.24, 2.45) is 11.8 Å². The number of allylic oxidation sites excluding steroid dienone is 3. The number of carbonyl (C=O) groups excluding carboxylic acids is 2. The normalized spacial score (nSPS) is 26.3. The van der Waals surface area contributed by atoms with Crippen molar-refractivity contribution < 1.29 is 14.3 Å². The molecule has 1 N–H and O–H groups in total. The van der Waals surface area contributed by atoms with E-state index >= 15 is 0 Å². The Morgan fingerprint density at radius 2 is 2.04 bits per heavy atom. The highest BCUT2D eigenvalue weighted by atomic mass is 16.5. The van der Waals surface area contributed by atoms with Crippen molar-refractivity contribution in [2.45, 2.75) is 53.5 Å². The van der Waals surface area contributed by atoms with Crippen molar-refractivity contribution in [3.63, 3.8) is 0 Å². The molecule has 0 bridgehead atoms. The summed E-state index contributed by atoms with van der Waals surface area (Å²) < 4.78 is 5.93. The SMILES string of the molecule is C=C/C(C)=C/NC1OC(C)N(C(=O)/C=C\C(C)CC(C)=O)CC1C. The monoisotopic (exact) mass is 334 g/mol. The Morgan fingerprint density at radius 3 is 2.62 bits per heavy atom. The zero-order valence-corrected chi connectivity index (χ0v) is 15.4. The second kappa shape index (κ2) is 9.42. The van der Waals surface area contributed by atoms with Gasteiger partial charge < -0.3 is 19.7 Å². The zero-order chi connectivity index (χ0) is 18.3. The first-order chi connectivity index (χ1) is 11.2. The number of ketones is 1. The van der Waals surface area contributed by atoms with Crippen LogP contribution in [0.25, 0.3) is 0 Å². The van der Waals surface area contributed by atoms with Crippen LogP contribution in [0, 0.1) is 11.8 Å². The van der Waals surface area contributed by atoms with Crippen molar-refractivity contribution in [3.8, 4) is 0 Å². The summed E-state index contributed by atoms with van der Waals surface area (Å²) in [5.41, 5.74) is 1.03. The van der Waals surface area contributed by atoms with Crippen LogP contribution in [-0.2, 0) is 14.3 Å². The van der Waals surface area contributed by atoms with Gasteiger partial charge in [0.1, 0.15) is 18.2 Å². The van der Waals surface area contributed by atoms with E-state index in [1.54, 1.807) is 30.1 Å². The third-order valence-corrected chi connectivity index (χ3v) is 4.04. The van der Waals surface area contributed by atoms with Crippen LogP contribution in [0.3, 0.4) is 0 Å². The highest BCUT2D eigenvalue weighted by Crippen LogP contribution is 2.20. The van der Waals surface area contributed by atoms with Crippen LogP contribution in [0.2, 0.25) is 0 Å². The zero-order valence-electron chi connectivity index (χ0n) is 15.4. The van der Waals surface area contributed by atoms with E-state index in [4.69, 9.17) is 4.74 Å². The molecule has 0 aromatic rings. The molecule has 0 spiro atoms. The van der Waals surface area contributed by atoms with Gasteiger partial charge in [-0.15, -0.1) is 0 Å². The van der Waals surface area contributed by atoms with Crippen molar-refractivity contribution in [2.75, 3.05) is 6.54 Å². The smallest absolute Gasteiger partial charge is 0.248 e. The average molecular weight is 334 g/mol. The molecular formula is C19H30N2O3. The third kappa shape index (κ3) is 6.32. The molecule has 1 rings (SSSR count). The van der Waals surface area contributed by atoms with Gasteiger partial charge in [0, 0.05) is 25.1 Å². The molecule has 0 aromatic carbocycles. The number of hydrogen-bond donors (Lipinski definition) is 1. The number of rotatable bonds is 7. The van der Waals surface area contributed by atoms with Crippen LogP contribution in [-0.4, -0.2) is 35.6 Å². The summed E-state index contributed by atoms with van der Waals surface area (Å²) in [5.74, 6) is 0.258. The van der Waals surface area contributed by atoms with Gasteiger partial charge in [0.05, 0.1) is 0 Å². The molecule has 5 nitrogen and oxygen atoms in total.